The number of carbonyl (C=O) groups is 1. The number of alkyl halides is 3. The largest absolute Gasteiger partial charge is 0.416 e. The Morgan fingerprint density at radius 2 is 2.03 bits per heavy atom. The van der Waals surface area contributed by atoms with E-state index in [2.05, 4.69) is 15.6 Å². The van der Waals surface area contributed by atoms with Gasteiger partial charge in [-0.05, 0) is 30.9 Å². The molecule has 0 spiro atoms. The molecule has 1 aliphatic heterocycles. The van der Waals surface area contributed by atoms with Gasteiger partial charge in [-0.3, -0.25) is 4.79 Å². The number of ether oxygens (including phenoxy) is 1. The summed E-state index contributed by atoms with van der Waals surface area (Å²) in [6, 6.07) is 5.61. The highest BCUT2D eigenvalue weighted by molar-refractivity contribution is 14.0. The van der Waals surface area contributed by atoms with Crippen molar-refractivity contribution in [2.24, 2.45) is 10.9 Å². The van der Waals surface area contributed by atoms with Crippen molar-refractivity contribution in [1.82, 2.24) is 15.5 Å². The smallest absolute Gasteiger partial charge is 0.381 e. The van der Waals surface area contributed by atoms with E-state index in [-0.39, 0.29) is 41.8 Å². The summed E-state index contributed by atoms with van der Waals surface area (Å²) in [5.41, 5.74) is -0.304. The second kappa shape index (κ2) is 11.5. The normalized spacial score (nSPS) is 20.2. The molecule has 1 aromatic carbocycles. The van der Waals surface area contributed by atoms with E-state index in [0.717, 1.165) is 38.4 Å². The molecule has 10 heteroatoms. The van der Waals surface area contributed by atoms with E-state index in [1.807, 2.05) is 0 Å². The number of carbonyl (C=O) groups excluding carboxylic acids is 1. The second-order valence-corrected chi connectivity index (χ2v) is 8.63. The molecule has 180 valence electrons. The van der Waals surface area contributed by atoms with Crippen LogP contribution in [0.15, 0.2) is 29.3 Å². The van der Waals surface area contributed by atoms with E-state index in [1.54, 1.807) is 20.2 Å². The van der Waals surface area contributed by atoms with Gasteiger partial charge in [0.25, 0.3) is 0 Å². The first-order valence-corrected chi connectivity index (χ1v) is 10.7. The number of benzene rings is 1. The molecule has 0 radical (unpaired) electrons. The number of nitrogens with zero attached hydrogens (tertiary/aromatic N) is 2. The molecule has 2 N–H and O–H groups in total. The predicted molar refractivity (Wildman–Crippen MR) is 128 cm³/mol. The molecule has 1 amide bonds. The minimum atomic E-state index is -4.36. The summed E-state index contributed by atoms with van der Waals surface area (Å²) in [4.78, 5) is 17.8. The van der Waals surface area contributed by atoms with Gasteiger partial charge >= 0.3 is 6.18 Å². The molecule has 2 fully saturated rings. The van der Waals surface area contributed by atoms with Crippen molar-refractivity contribution in [2.75, 3.05) is 46.9 Å². The summed E-state index contributed by atoms with van der Waals surface area (Å²) in [6.07, 6.45) is -0.816. The van der Waals surface area contributed by atoms with Crippen LogP contribution in [0, 0.1) is 5.92 Å². The molecule has 1 saturated carbocycles. The Morgan fingerprint density at radius 1 is 1.28 bits per heavy atom. The number of likely N-dealkylation sites (N-methyl/N-ethyl adjacent to an activating group) is 1. The highest BCUT2D eigenvalue weighted by Gasteiger charge is 2.40. The quantitative estimate of drug-likeness (QED) is 0.301. The molecular weight excluding hydrogens is 536 g/mol. The standard InChI is InChI=1S/C22H31F3N4O2.HI/c1-29(2)19(30)13-27-20(26-12-16-7-10-31-14-16)28-15-21(8-4-9-21)17-5-3-6-18(11-17)22(23,24)25;/h3,5-6,11,16H,4,7-10,12-15H2,1-2H3,(H2,26,27,28);1H. The van der Waals surface area contributed by atoms with Gasteiger partial charge in [0.05, 0.1) is 12.2 Å². The number of amides is 1. The minimum Gasteiger partial charge on any atom is -0.381 e. The lowest BCUT2D eigenvalue weighted by molar-refractivity contribution is -0.137. The SMILES string of the molecule is CN(C)C(=O)CN=C(NCC1CCOC1)NCC1(c2cccc(C(F)(F)F)c2)CCC1.I. The van der Waals surface area contributed by atoms with Gasteiger partial charge in [-0.15, -0.1) is 24.0 Å². The van der Waals surface area contributed by atoms with Crippen LogP contribution >= 0.6 is 24.0 Å². The Kier molecular flexibility index (Phi) is 9.62. The molecule has 1 atom stereocenters. The highest BCUT2D eigenvalue weighted by atomic mass is 127. The fourth-order valence-electron chi connectivity index (χ4n) is 3.90. The fourth-order valence-corrected chi connectivity index (χ4v) is 3.90. The highest BCUT2D eigenvalue weighted by Crippen LogP contribution is 2.44. The summed E-state index contributed by atoms with van der Waals surface area (Å²) >= 11 is 0. The molecule has 32 heavy (non-hydrogen) atoms. The number of aliphatic imine (C=N–C) groups is 1. The summed E-state index contributed by atoms with van der Waals surface area (Å²) < 4.78 is 45.0. The number of guanidine groups is 1. The zero-order valence-corrected chi connectivity index (χ0v) is 20.8. The van der Waals surface area contributed by atoms with Gasteiger partial charge in [-0.25, -0.2) is 4.99 Å². The third-order valence-electron chi connectivity index (χ3n) is 6.16. The van der Waals surface area contributed by atoms with Gasteiger partial charge < -0.3 is 20.3 Å². The molecule has 1 unspecified atom stereocenters. The minimum absolute atomic E-state index is 0. The Hall–Kier alpha value is -1.56. The van der Waals surface area contributed by atoms with Gasteiger partial charge in [0.15, 0.2) is 5.96 Å². The first kappa shape index (κ1) is 26.7. The van der Waals surface area contributed by atoms with Crippen molar-refractivity contribution in [1.29, 1.82) is 0 Å². The van der Waals surface area contributed by atoms with Crippen LogP contribution < -0.4 is 10.6 Å². The van der Waals surface area contributed by atoms with Crippen molar-refractivity contribution in [3.63, 3.8) is 0 Å². The molecule has 1 aliphatic carbocycles. The summed E-state index contributed by atoms with van der Waals surface area (Å²) in [6.45, 7) is 2.55. The molecule has 6 nitrogen and oxygen atoms in total. The maximum Gasteiger partial charge on any atom is 0.416 e. The van der Waals surface area contributed by atoms with Crippen LogP contribution in [0.1, 0.15) is 36.8 Å². The van der Waals surface area contributed by atoms with Crippen LogP contribution in [0.25, 0.3) is 0 Å². The van der Waals surface area contributed by atoms with E-state index in [1.165, 1.54) is 17.0 Å². The topological polar surface area (TPSA) is 66.0 Å². The Balaban J connectivity index is 0.00000363. The van der Waals surface area contributed by atoms with E-state index < -0.39 is 11.7 Å². The van der Waals surface area contributed by atoms with E-state index in [9.17, 15) is 18.0 Å². The third-order valence-corrected chi connectivity index (χ3v) is 6.16. The molecule has 1 saturated heterocycles. The summed E-state index contributed by atoms with van der Waals surface area (Å²) in [7, 11) is 3.34. The van der Waals surface area contributed by atoms with Gasteiger partial charge in [-0.1, -0.05) is 24.6 Å². The average molecular weight is 568 g/mol. The molecule has 1 aromatic rings. The van der Waals surface area contributed by atoms with Crippen molar-refractivity contribution in [3.05, 3.63) is 35.4 Å². The molecular formula is C22H32F3IN4O2. The third kappa shape index (κ3) is 6.97. The Bertz CT molecular complexity index is 792. The fraction of sp³-hybridized carbons (Fsp3) is 0.636. The summed E-state index contributed by atoms with van der Waals surface area (Å²) in [5, 5.41) is 6.56. The lowest BCUT2D eigenvalue weighted by atomic mass is 9.64. The number of nitrogens with one attached hydrogen (secondary N) is 2. The van der Waals surface area contributed by atoms with Crippen LogP contribution in [0.4, 0.5) is 13.2 Å². The van der Waals surface area contributed by atoms with E-state index in [4.69, 9.17) is 4.74 Å². The first-order chi connectivity index (χ1) is 14.7. The molecule has 3 rings (SSSR count). The summed E-state index contributed by atoms with van der Waals surface area (Å²) in [5.74, 6) is 0.750. The molecule has 0 bridgehead atoms. The maximum atomic E-state index is 13.2. The number of halogens is 4. The maximum absolute atomic E-state index is 13.2. The zero-order chi connectivity index (χ0) is 22.5. The van der Waals surface area contributed by atoms with Crippen molar-refractivity contribution < 1.29 is 22.7 Å². The number of hydrogen-bond donors (Lipinski definition) is 2. The van der Waals surface area contributed by atoms with Gasteiger partial charge in [-0.2, -0.15) is 13.2 Å². The van der Waals surface area contributed by atoms with Gasteiger partial charge in [0.2, 0.25) is 5.91 Å². The predicted octanol–water partition coefficient (Wildman–Crippen LogP) is 3.41. The average Bonchev–Trinajstić information content (AvgIpc) is 3.21. The van der Waals surface area contributed by atoms with Crippen LogP contribution in [0.2, 0.25) is 0 Å². The van der Waals surface area contributed by atoms with E-state index in [0.29, 0.717) is 37.1 Å². The number of hydrogen-bond acceptors (Lipinski definition) is 3. The lowest BCUT2D eigenvalue weighted by Crippen LogP contribution is -2.50. The first-order valence-electron chi connectivity index (χ1n) is 10.7. The monoisotopic (exact) mass is 568 g/mol. The van der Waals surface area contributed by atoms with Crippen LogP contribution in [0.5, 0.6) is 0 Å². The van der Waals surface area contributed by atoms with Crippen LogP contribution in [-0.2, 0) is 21.1 Å². The second-order valence-electron chi connectivity index (χ2n) is 8.63. The van der Waals surface area contributed by atoms with Crippen molar-refractivity contribution in [3.8, 4) is 0 Å². The lowest BCUT2D eigenvalue weighted by Gasteiger charge is -2.43. The van der Waals surface area contributed by atoms with Crippen LogP contribution in [-0.4, -0.2) is 63.7 Å². The van der Waals surface area contributed by atoms with Gasteiger partial charge in [0.1, 0.15) is 6.54 Å². The van der Waals surface area contributed by atoms with Crippen molar-refractivity contribution in [2.45, 2.75) is 37.3 Å². The number of rotatable bonds is 7. The molecule has 2 aliphatic rings. The Morgan fingerprint density at radius 3 is 2.59 bits per heavy atom. The van der Waals surface area contributed by atoms with Crippen LogP contribution in [0.3, 0.4) is 0 Å². The Labute approximate surface area is 204 Å². The zero-order valence-electron chi connectivity index (χ0n) is 18.5. The molecule has 0 aromatic heterocycles. The van der Waals surface area contributed by atoms with Gasteiger partial charge in [0, 0.05) is 45.1 Å². The van der Waals surface area contributed by atoms with E-state index >= 15 is 0 Å². The van der Waals surface area contributed by atoms with Crippen molar-refractivity contribution >= 4 is 35.8 Å². The molecule has 1 heterocycles.